The van der Waals surface area contributed by atoms with Crippen molar-refractivity contribution in [1.82, 2.24) is 19.5 Å². The Labute approximate surface area is 159 Å². The summed E-state index contributed by atoms with van der Waals surface area (Å²) >= 11 is 2.89. The fourth-order valence-corrected chi connectivity index (χ4v) is 3.79. The lowest BCUT2D eigenvalue weighted by atomic mass is 10.2. The molecule has 0 saturated heterocycles. The highest BCUT2D eigenvalue weighted by molar-refractivity contribution is 7.97. The highest BCUT2D eigenvalue weighted by Crippen LogP contribution is 2.38. The third kappa shape index (κ3) is 3.74. The van der Waals surface area contributed by atoms with Gasteiger partial charge < -0.3 is 14.3 Å². The summed E-state index contributed by atoms with van der Waals surface area (Å²) in [5, 5.41) is 11.3. The highest BCUT2D eigenvalue weighted by atomic mass is 32.2. The van der Waals surface area contributed by atoms with Crippen LogP contribution >= 0.6 is 23.3 Å². The largest absolute Gasteiger partial charge is 0.494 e. The van der Waals surface area contributed by atoms with Crippen LogP contribution in [0.15, 0.2) is 40.9 Å². The van der Waals surface area contributed by atoms with E-state index < -0.39 is 0 Å². The van der Waals surface area contributed by atoms with E-state index in [-0.39, 0.29) is 0 Å². The average Bonchev–Trinajstić information content (AvgIpc) is 3.34. The molecule has 0 bridgehead atoms. The number of rotatable bonds is 9. The second kappa shape index (κ2) is 8.84. The maximum absolute atomic E-state index is 10.5. The zero-order valence-corrected chi connectivity index (χ0v) is 16.0. The molecule has 0 radical (unpaired) electrons. The Morgan fingerprint density at radius 2 is 1.96 bits per heavy atom. The number of methoxy groups -OCH3 is 2. The van der Waals surface area contributed by atoms with E-state index >= 15 is 0 Å². The summed E-state index contributed by atoms with van der Waals surface area (Å²) in [7, 11) is 3.23. The van der Waals surface area contributed by atoms with Gasteiger partial charge in [0.2, 0.25) is 5.16 Å². The van der Waals surface area contributed by atoms with Gasteiger partial charge in [-0.25, -0.2) is 0 Å². The average molecular weight is 390 g/mol. The normalized spacial score (nSPS) is 10.7. The van der Waals surface area contributed by atoms with Crippen molar-refractivity contribution in [2.75, 3.05) is 20.8 Å². The van der Waals surface area contributed by atoms with Gasteiger partial charge in [-0.2, -0.15) is 0 Å². The number of carbonyl (C=O) groups excluding carboxylic acids is 1. The summed E-state index contributed by atoms with van der Waals surface area (Å²) in [6.45, 7) is 0.540. The van der Waals surface area contributed by atoms with E-state index in [0.717, 1.165) is 16.9 Å². The molecule has 0 aliphatic rings. The summed E-state index contributed by atoms with van der Waals surface area (Å²) in [5.41, 5.74) is 0.727. The predicted octanol–water partition coefficient (Wildman–Crippen LogP) is 3.20. The van der Waals surface area contributed by atoms with Crippen molar-refractivity contribution < 1.29 is 14.3 Å². The first kappa shape index (κ1) is 18.4. The number of hydrogen-bond donors (Lipinski definition) is 1. The van der Waals surface area contributed by atoms with Crippen LogP contribution in [0, 0.1) is 0 Å². The molecule has 1 aromatic carbocycles. The van der Waals surface area contributed by atoms with Crippen molar-refractivity contribution in [2.45, 2.75) is 11.6 Å². The first-order valence-electron chi connectivity index (χ1n) is 7.84. The van der Waals surface area contributed by atoms with E-state index in [2.05, 4.69) is 14.9 Å². The lowest BCUT2D eigenvalue weighted by Gasteiger charge is -2.16. The van der Waals surface area contributed by atoms with Gasteiger partial charge in [-0.15, -0.1) is 21.5 Å². The smallest absolute Gasteiger partial charge is 0.211 e. The Hall–Kier alpha value is -2.36. The molecule has 0 aliphatic heterocycles. The van der Waals surface area contributed by atoms with Gasteiger partial charge in [0.15, 0.2) is 5.82 Å². The lowest BCUT2D eigenvalue weighted by molar-refractivity contribution is -0.107. The number of benzene rings is 1. The Balaban J connectivity index is 2.12. The number of hydrogen-bond acceptors (Lipinski definition) is 8. The zero-order valence-electron chi connectivity index (χ0n) is 14.3. The number of ether oxygens (including phenoxy) is 2. The van der Waals surface area contributed by atoms with E-state index in [4.69, 9.17) is 9.47 Å². The Bertz CT molecular complexity index is 843. The van der Waals surface area contributed by atoms with Crippen LogP contribution in [-0.2, 0) is 4.79 Å². The Morgan fingerprint density at radius 3 is 2.58 bits per heavy atom. The van der Waals surface area contributed by atoms with Crippen molar-refractivity contribution in [2.24, 2.45) is 0 Å². The predicted molar refractivity (Wildman–Crippen MR) is 102 cm³/mol. The van der Waals surface area contributed by atoms with E-state index in [1.54, 1.807) is 25.6 Å². The zero-order chi connectivity index (χ0) is 18.4. The van der Waals surface area contributed by atoms with Crippen molar-refractivity contribution in [1.29, 1.82) is 0 Å². The molecule has 3 aromatic rings. The SMILES string of the molecule is COc1cccc(OC)c1-n1c(SNCCC=O)nnc1-c1cccs1. The quantitative estimate of drug-likeness (QED) is 0.341. The van der Waals surface area contributed by atoms with Crippen LogP contribution in [-0.4, -0.2) is 41.8 Å². The summed E-state index contributed by atoms with van der Waals surface area (Å²) in [6.07, 6.45) is 1.30. The number of para-hydroxylation sites is 1. The van der Waals surface area contributed by atoms with Gasteiger partial charge in [-0.1, -0.05) is 12.1 Å². The number of aromatic nitrogens is 3. The highest BCUT2D eigenvalue weighted by Gasteiger charge is 2.22. The number of nitrogens with one attached hydrogen (secondary N) is 1. The number of aldehydes is 1. The maximum atomic E-state index is 10.5. The van der Waals surface area contributed by atoms with Crippen LogP contribution < -0.4 is 14.2 Å². The van der Waals surface area contributed by atoms with Gasteiger partial charge in [0, 0.05) is 13.0 Å². The molecule has 0 aliphatic carbocycles. The van der Waals surface area contributed by atoms with E-state index in [9.17, 15) is 4.79 Å². The van der Waals surface area contributed by atoms with Gasteiger partial charge in [-0.3, -0.25) is 9.29 Å². The summed E-state index contributed by atoms with van der Waals surface area (Å²) in [4.78, 5) is 11.5. The van der Waals surface area contributed by atoms with E-state index in [1.165, 1.54) is 11.9 Å². The van der Waals surface area contributed by atoms with Crippen LogP contribution in [0.5, 0.6) is 11.5 Å². The number of nitrogens with zero attached hydrogens (tertiary/aromatic N) is 3. The van der Waals surface area contributed by atoms with Crippen LogP contribution in [0.2, 0.25) is 0 Å². The second-order valence-corrected chi connectivity index (χ2v) is 6.89. The summed E-state index contributed by atoms with van der Waals surface area (Å²) in [6, 6.07) is 9.55. The summed E-state index contributed by atoms with van der Waals surface area (Å²) < 4.78 is 16.1. The monoisotopic (exact) mass is 390 g/mol. The molecule has 0 unspecified atom stereocenters. The minimum absolute atomic E-state index is 0.427. The number of thiophene rings is 1. The third-order valence-corrected chi connectivity index (χ3v) is 5.19. The minimum atomic E-state index is 0.427. The molecule has 136 valence electrons. The van der Waals surface area contributed by atoms with Crippen LogP contribution in [0.4, 0.5) is 0 Å². The first-order chi connectivity index (χ1) is 12.8. The van der Waals surface area contributed by atoms with Gasteiger partial charge in [0.05, 0.1) is 19.1 Å². The molecule has 3 rings (SSSR count). The molecule has 0 saturated carbocycles. The van der Waals surface area contributed by atoms with Gasteiger partial charge >= 0.3 is 0 Å². The van der Waals surface area contributed by atoms with Gasteiger partial charge in [0.25, 0.3) is 0 Å². The van der Waals surface area contributed by atoms with Gasteiger partial charge in [-0.05, 0) is 35.5 Å². The molecule has 26 heavy (non-hydrogen) atoms. The Kier molecular flexibility index (Phi) is 6.26. The molecule has 2 heterocycles. The van der Waals surface area contributed by atoms with Crippen molar-refractivity contribution in [3.05, 3.63) is 35.7 Å². The van der Waals surface area contributed by atoms with Crippen LogP contribution in [0.3, 0.4) is 0 Å². The van der Waals surface area contributed by atoms with Crippen LogP contribution in [0.25, 0.3) is 16.4 Å². The lowest BCUT2D eigenvalue weighted by Crippen LogP contribution is -2.10. The molecule has 0 spiro atoms. The van der Waals surface area contributed by atoms with Crippen LogP contribution in [0.1, 0.15) is 6.42 Å². The molecule has 0 amide bonds. The van der Waals surface area contributed by atoms with Crippen molar-refractivity contribution >= 4 is 29.6 Å². The standard InChI is InChI=1S/C17H18N4O3S2/c1-23-12-6-3-7-13(24-2)15(12)21-16(14-8-4-11-25-14)19-20-17(21)26-18-9-5-10-22/h3-4,6-8,10-11,18H,5,9H2,1-2H3. The molecule has 2 aromatic heterocycles. The minimum Gasteiger partial charge on any atom is -0.494 e. The fraction of sp³-hybridized carbons (Fsp3) is 0.235. The Morgan fingerprint density at radius 1 is 1.19 bits per heavy atom. The third-order valence-electron chi connectivity index (χ3n) is 3.53. The fourth-order valence-electron chi connectivity index (χ4n) is 2.39. The van der Waals surface area contributed by atoms with Crippen molar-refractivity contribution in [3.63, 3.8) is 0 Å². The van der Waals surface area contributed by atoms with Crippen molar-refractivity contribution in [3.8, 4) is 27.9 Å². The second-order valence-electron chi connectivity index (χ2n) is 5.08. The van der Waals surface area contributed by atoms with E-state index in [1.807, 2.05) is 40.3 Å². The molecule has 9 heteroatoms. The molecule has 0 atom stereocenters. The number of carbonyl (C=O) groups is 1. The molecule has 7 nitrogen and oxygen atoms in total. The first-order valence-corrected chi connectivity index (χ1v) is 9.53. The summed E-state index contributed by atoms with van der Waals surface area (Å²) in [5.74, 6) is 2.00. The molecular weight excluding hydrogens is 372 g/mol. The van der Waals surface area contributed by atoms with Gasteiger partial charge in [0.1, 0.15) is 23.5 Å². The maximum Gasteiger partial charge on any atom is 0.211 e. The topological polar surface area (TPSA) is 78.3 Å². The molecule has 1 N–H and O–H groups in total. The molecule has 0 fully saturated rings. The van der Waals surface area contributed by atoms with E-state index in [0.29, 0.717) is 35.4 Å². The molecular formula is C17H18N4O3S2.